The Morgan fingerprint density at radius 1 is 1.50 bits per heavy atom. The standard InChI is InChI=1S/C8H14O4/c1-5(2)7-4-8(12-11-7)10-6(3)9/h5,7-8H,4H2,1-3H3. The van der Waals surface area contributed by atoms with Crippen LogP contribution in [0.5, 0.6) is 0 Å². The normalized spacial score (nSPS) is 29.3. The molecular weight excluding hydrogens is 160 g/mol. The lowest BCUT2D eigenvalue weighted by Crippen LogP contribution is -2.17. The van der Waals surface area contributed by atoms with Gasteiger partial charge in [-0.05, 0) is 5.92 Å². The van der Waals surface area contributed by atoms with Gasteiger partial charge >= 0.3 is 5.97 Å². The van der Waals surface area contributed by atoms with Crippen molar-refractivity contribution in [3.63, 3.8) is 0 Å². The summed E-state index contributed by atoms with van der Waals surface area (Å²) in [6, 6.07) is 0. The van der Waals surface area contributed by atoms with Crippen molar-refractivity contribution < 1.29 is 19.3 Å². The molecule has 1 aliphatic heterocycles. The van der Waals surface area contributed by atoms with Crippen molar-refractivity contribution in [1.82, 2.24) is 0 Å². The van der Waals surface area contributed by atoms with Crippen molar-refractivity contribution in [2.45, 2.75) is 39.6 Å². The number of ether oxygens (including phenoxy) is 1. The lowest BCUT2D eigenvalue weighted by molar-refractivity contribution is -0.338. The lowest BCUT2D eigenvalue weighted by atomic mass is 10.1. The monoisotopic (exact) mass is 174 g/mol. The predicted octanol–water partition coefficient (Wildman–Crippen LogP) is 1.25. The van der Waals surface area contributed by atoms with Gasteiger partial charge in [-0.1, -0.05) is 13.8 Å². The van der Waals surface area contributed by atoms with E-state index < -0.39 is 6.29 Å². The van der Waals surface area contributed by atoms with E-state index >= 15 is 0 Å². The van der Waals surface area contributed by atoms with Crippen molar-refractivity contribution in [2.24, 2.45) is 5.92 Å². The Kier molecular flexibility index (Phi) is 3.05. The molecule has 1 saturated heterocycles. The van der Waals surface area contributed by atoms with Gasteiger partial charge in [0.1, 0.15) is 6.10 Å². The zero-order chi connectivity index (χ0) is 9.14. The molecule has 0 bridgehead atoms. The average molecular weight is 174 g/mol. The number of esters is 1. The molecule has 0 saturated carbocycles. The molecule has 2 atom stereocenters. The van der Waals surface area contributed by atoms with Crippen LogP contribution >= 0.6 is 0 Å². The molecular formula is C8H14O4. The van der Waals surface area contributed by atoms with E-state index in [-0.39, 0.29) is 12.1 Å². The van der Waals surface area contributed by atoms with Crippen LogP contribution in [0.25, 0.3) is 0 Å². The first-order chi connectivity index (χ1) is 5.59. The largest absolute Gasteiger partial charge is 0.433 e. The lowest BCUT2D eigenvalue weighted by Gasteiger charge is -2.08. The average Bonchev–Trinajstić information content (AvgIpc) is 2.34. The molecule has 0 amide bonds. The summed E-state index contributed by atoms with van der Waals surface area (Å²) in [5.74, 6) is 0.0403. The molecule has 1 aliphatic rings. The van der Waals surface area contributed by atoms with Crippen LogP contribution in [0.2, 0.25) is 0 Å². The maximum atomic E-state index is 10.5. The summed E-state index contributed by atoms with van der Waals surface area (Å²) >= 11 is 0. The number of carbonyl (C=O) groups is 1. The van der Waals surface area contributed by atoms with E-state index in [0.717, 1.165) is 0 Å². The van der Waals surface area contributed by atoms with E-state index in [2.05, 4.69) is 0 Å². The van der Waals surface area contributed by atoms with E-state index in [4.69, 9.17) is 14.5 Å². The summed E-state index contributed by atoms with van der Waals surface area (Å²) in [7, 11) is 0. The molecule has 0 aliphatic carbocycles. The fourth-order valence-corrected chi connectivity index (χ4v) is 1.04. The zero-order valence-electron chi connectivity index (χ0n) is 7.57. The molecule has 1 fully saturated rings. The van der Waals surface area contributed by atoms with Crippen LogP contribution in [0.4, 0.5) is 0 Å². The molecule has 2 unspecified atom stereocenters. The third-order valence-electron chi connectivity index (χ3n) is 1.75. The molecule has 0 aromatic rings. The van der Waals surface area contributed by atoms with Gasteiger partial charge in [-0.25, -0.2) is 4.89 Å². The maximum Gasteiger partial charge on any atom is 0.305 e. The van der Waals surface area contributed by atoms with Gasteiger partial charge in [0.25, 0.3) is 0 Å². The molecule has 1 rings (SSSR count). The first-order valence-electron chi connectivity index (χ1n) is 4.09. The summed E-state index contributed by atoms with van der Waals surface area (Å²) in [6.07, 6.45) is 0.140. The quantitative estimate of drug-likeness (QED) is 0.467. The van der Waals surface area contributed by atoms with Gasteiger partial charge in [0, 0.05) is 13.3 Å². The van der Waals surface area contributed by atoms with E-state index in [1.165, 1.54) is 6.92 Å². The van der Waals surface area contributed by atoms with Crippen LogP contribution < -0.4 is 0 Å². The van der Waals surface area contributed by atoms with Crippen molar-refractivity contribution in [2.75, 3.05) is 0 Å². The van der Waals surface area contributed by atoms with Crippen LogP contribution in [-0.4, -0.2) is 18.4 Å². The van der Waals surface area contributed by atoms with Crippen LogP contribution in [0.1, 0.15) is 27.2 Å². The molecule has 70 valence electrons. The SMILES string of the molecule is CC(=O)OC1CC(C(C)C)OO1. The highest BCUT2D eigenvalue weighted by molar-refractivity contribution is 5.66. The molecule has 0 N–H and O–H groups in total. The number of carbonyl (C=O) groups excluding carboxylic acids is 1. The highest BCUT2D eigenvalue weighted by Crippen LogP contribution is 2.23. The van der Waals surface area contributed by atoms with Gasteiger partial charge in [0.15, 0.2) is 0 Å². The number of hydrogen-bond donors (Lipinski definition) is 0. The predicted molar refractivity (Wildman–Crippen MR) is 41.0 cm³/mol. The van der Waals surface area contributed by atoms with Crippen LogP contribution in [0.3, 0.4) is 0 Å². The van der Waals surface area contributed by atoms with Crippen molar-refractivity contribution >= 4 is 5.97 Å². The molecule has 4 nitrogen and oxygen atoms in total. The maximum absolute atomic E-state index is 10.5. The van der Waals surface area contributed by atoms with Crippen LogP contribution in [0, 0.1) is 5.92 Å². The van der Waals surface area contributed by atoms with Gasteiger partial charge in [-0.3, -0.25) is 4.79 Å². The second-order valence-electron chi connectivity index (χ2n) is 3.25. The second kappa shape index (κ2) is 3.87. The Morgan fingerprint density at radius 3 is 2.58 bits per heavy atom. The third kappa shape index (κ3) is 2.46. The summed E-state index contributed by atoms with van der Waals surface area (Å²) in [5.41, 5.74) is 0. The Hall–Kier alpha value is -0.610. The smallest absolute Gasteiger partial charge is 0.305 e. The Labute approximate surface area is 71.7 Å². The van der Waals surface area contributed by atoms with Gasteiger partial charge in [0.2, 0.25) is 6.29 Å². The van der Waals surface area contributed by atoms with Crippen LogP contribution in [0.15, 0.2) is 0 Å². The zero-order valence-corrected chi connectivity index (χ0v) is 7.57. The van der Waals surface area contributed by atoms with Crippen molar-refractivity contribution in [3.8, 4) is 0 Å². The fourth-order valence-electron chi connectivity index (χ4n) is 1.04. The van der Waals surface area contributed by atoms with E-state index in [9.17, 15) is 4.79 Å². The minimum Gasteiger partial charge on any atom is -0.433 e. The molecule has 12 heavy (non-hydrogen) atoms. The minimum atomic E-state index is -0.519. The summed E-state index contributed by atoms with van der Waals surface area (Å²) in [5, 5.41) is 0. The van der Waals surface area contributed by atoms with Crippen LogP contribution in [-0.2, 0) is 19.3 Å². The minimum absolute atomic E-state index is 0.0364. The first kappa shape index (κ1) is 9.48. The summed E-state index contributed by atoms with van der Waals surface area (Å²) in [6.45, 7) is 5.42. The van der Waals surface area contributed by atoms with E-state index in [0.29, 0.717) is 12.3 Å². The van der Waals surface area contributed by atoms with Gasteiger partial charge in [-0.2, -0.15) is 4.89 Å². The molecule has 1 heterocycles. The highest BCUT2D eigenvalue weighted by Gasteiger charge is 2.31. The molecule has 4 heteroatoms. The summed E-state index contributed by atoms with van der Waals surface area (Å²) < 4.78 is 4.81. The molecule has 0 spiro atoms. The van der Waals surface area contributed by atoms with Gasteiger partial charge in [0.05, 0.1) is 0 Å². The molecule has 0 radical (unpaired) electrons. The number of hydrogen-bond acceptors (Lipinski definition) is 4. The number of rotatable bonds is 2. The Balaban J connectivity index is 2.30. The third-order valence-corrected chi connectivity index (χ3v) is 1.75. The Bertz CT molecular complexity index is 166. The summed E-state index contributed by atoms with van der Waals surface area (Å²) in [4.78, 5) is 20.3. The van der Waals surface area contributed by atoms with Crippen molar-refractivity contribution in [1.29, 1.82) is 0 Å². The fraction of sp³-hybridized carbons (Fsp3) is 0.875. The van der Waals surface area contributed by atoms with Crippen molar-refractivity contribution in [3.05, 3.63) is 0 Å². The van der Waals surface area contributed by atoms with Gasteiger partial charge in [-0.15, -0.1) is 0 Å². The first-order valence-corrected chi connectivity index (χ1v) is 4.09. The van der Waals surface area contributed by atoms with E-state index in [1.807, 2.05) is 13.8 Å². The topological polar surface area (TPSA) is 44.8 Å². The molecule has 0 aromatic carbocycles. The highest BCUT2D eigenvalue weighted by atomic mass is 17.2. The Morgan fingerprint density at radius 2 is 2.17 bits per heavy atom. The second-order valence-corrected chi connectivity index (χ2v) is 3.25. The van der Waals surface area contributed by atoms with Gasteiger partial charge < -0.3 is 4.74 Å². The van der Waals surface area contributed by atoms with E-state index in [1.54, 1.807) is 0 Å². The molecule has 0 aromatic heterocycles.